The van der Waals surface area contributed by atoms with Crippen molar-refractivity contribution >= 4 is 0 Å². The van der Waals surface area contributed by atoms with Crippen LogP contribution in [0, 0.1) is 13.8 Å². The molecule has 0 aromatic heterocycles. The van der Waals surface area contributed by atoms with Gasteiger partial charge in [-0.25, -0.2) is 0 Å². The molecule has 0 saturated heterocycles. The summed E-state index contributed by atoms with van der Waals surface area (Å²) in [5.41, 5.74) is 0. The summed E-state index contributed by atoms with van der Waals surface area (Å²) in [6, 6.07) is 0. The van der Waals surface area contributed by atoms with Crippen molar-refractivity contribution in [3.8, 4) is 0 Å². The van der Waals surface area contributed by atoms with Gasteiger partial charge in [-0.15, -0.1) is 0 Å². The summed E-state index contributed by atoms with van der Waals surface area (Å²) in [5.74, 6) is 0. The van der Waals surface area contributed by atoms with E-state index in [0.717, 1.165) is 0 Å². The third-order valence-electron chi connectivity index (χ3n) is 0.605. The van der Waals surface area contributed by atoms with Crippen LogP contribution in [0.4, 0.5) is 0 Å². The second kappa shape index (κ2) is 3.16. The van der Waals surface area contributed by atoms with Crippen molar-refractivity contribution in [1.82, 2.24) is 0 Å². The van der Waals surface area contributed by atoms with E-state index in [9.17, 15) is 0 Å². The van der Waals surface area contributed by atoms with Gasteiger partial charge in [-0.3, -0.25) is 0 Å². The maximum absolute atomic E-state index is 8.48. The lowest BCUT2D eigenvalue weighted by Gasteiger charge is -1.97. The fourth-order valence-electron chi connectivity index (χ4n) is 0.118. The molecule has 6 heavy (non-hydrogen) atoms. The summed E-state index contributed by atoms with van der Waals surface area (Å²) in [5, 5.41) is 8.48. The Morgan fingerprint density at radius 3 is 2.33 bits per heavy atom. The second-order valence-electron chi connectivity index (χ2n) is 1.18. The Labute approximate surface area is 39.0 Å². The van der Waals surface area contributed by atoms with E-state index in [2.05, 4.69) is 6.92 Å². The fourth-order valence-corrected chi connectivity index (χ4v) is 0.118. The van der Waals surface area contributed by atoms with Crippen molar-refractivity contribution in [2.45, 2.75) is 18.9 Å². The van der Waals surface area contributed by atoms with E-state index in [1.54, 1.807) is 0 Å². The zero-order valence-corrected chi connectivity index (χ0v) is 3.72. The quantitative estimate of drug-likeness (QED) is 0.522. The van der Waals surface area contributed by atoms with E-state index < -0.39 is 6.10 Å². The third kappa shape index (κ3) is 2.21. The minimum absolute atomic E-state index is 0.323. The fraction of sp³-hybridized carbons (Fsp3) is 0.600. The van der Waals surface area contributed by atoms with Gasteiger partial charge in [0, 0.05) is 0 Å². The molecule has 3 radical (unpaired) electrons. The summed E-state index contributed by atoms with van der Waals surface area (Å²) in [7, 11) is 0. The molecule has 0 amide bonds. The average molecular weight is 85.1 g/mol. The van der Waals surface area contributed by atoms with Gasteiger partial charge in [-0.2, -0.15) is 0 Å². The van der Waals surface area contributed by atoms with Crippen molar-refractivity contribution < 1.29 is 5.11 Å². The Balaban J connectivity index is 2.75. The van der Waals surface area contributed by atoms with Crippen molar-refractivity contribution in [2.75, 3.05) is 0 Å². The predicted octanol–water partition coefficient (Wildman–Crippen LogP) is 0.673. The van der Waals surface area contributed by atoms with Crippen LogP contribution in [0.5, 0.6) is 0 Å². The van der Waals surface area contributed by atoms with Crippen LogP contribution in [-0.4, -0.2) is 11.2 Å². The highest BCUT2D eigenvalue weighted by Gasteiger charge is 1.91. The first-order valence-electron chi connectivity index (χ1n) is 1.98. The lowest BCUT2D eigenvalue weighted by atomic mass is 10.2. The van der Waals surface area contributed by atoms with Gasteiger partial charge in [0.15, 0.2) is 0 Å². The molecule has 1 nitrogen and oxygen atoms in total. The maximum Gasteiger partial charge on any atom is 0.0543 e. The van der Waals surface area contributed by atoms with Crippen molar-refractivity contribution in [3.63, 3.8) is 0 Å². The molecule has 0 spiro atoms. The van der Waals surface area contributed by atoms with E-state index in [-0.39, 0.29) is 0 Å². The standard InChI is InChI=1S/C5H9O/c1-3-5(6)4-2/h1,5-6H,2-4H2. The first kappa shape index (κ1) is 5.96. The zero-order chi connectivity index (χ0) is 4.99. The topological polar surface area (TPSA) is 20.2 Å². The molecule has 0 heterocycles. The maximum atomic E-state index is 8.48. The third-order valence-corrected chi connectivity index (χ3v) is 0.605. The molecular weight excluding hydrogens is 76.1 g/mol. The molecule has 0 rings (SSSR count). The van der Waals surface area contributed by atoms with E-state index in [1.807, 2.05) is 0 Å². The number of hydrogen-bond donors (Lipinski definition) is 1. The van der Waals surface area contributed by atoms with Crippen LogP contribution in [0.1, 0.15) is 12.8 Å². The summed E-state index contributed by atoms with van der Waals surface area (Å²) < 4.78 is 0. The summed E-state index contributed by atoms with van der Waals surface area (Å²) >= 11 is 0. The molecular formula is C5H9O. The highest BCUT2D eigenvalue weighted by molar-refractivity contribution is 4.56. The predicted molar refractivity (Wildman–Crippen MR) is 24.9 cm³/mol. The average Bonchev–Trinajstić information content (AvgIpc) is 1.65. The zero-order valence-electron chi connectivity index (χ0n) is 3.72. The lowest BCUT2D eigenvalue weighted by molar-refractivity contribution is 0.180. The first-order valence-corrected chi connectivity index (χ1v) is 1.98. The molecule has 0 fully saturated rings. The van der Waals surface area contributed by atoms with Crippen LogP contribution in [0.25, 0.3) is 0 Å². The van der Waals surface area contributed by atoms with E-state index in [4.69, 9.17) is 12.0 Å². The van der Waals surface area contributed by atoms with Crippen LogP contribution in [0.2, 0.25) is 0 Å². The van der Waals surface area contributed by atoms with Gasteiger partial charge >= 0.3 is 0 Å². The molecule has 1 unspecified atom stereocenters. The number of aliphatic hydroxyl groups excluding tert-OH is 1. The largest absolute Gasteiger partial charge is 0.393 e. The SMILES string of the molecule is [CH]CC(O)C[CH2]. The molecule has 1 N–H and O–H groups in total. The van der Waals surface area contributed by atoms with E-state index in [1.165, 1.54) is 0 Å². The van der Waals surface area contributed by atoms with Crippen LogP contribution in [0.15, 0.2) is 0 Å². The Kier molecular flexibility index (Phi) is 3.14. The number of hydrogen-bond acceptors (Lipinski definition) is 1. The van der Waals surface area contributed by atoms with Crippen molar-refractivity contribution in [1.29, 1.82) is 0 Å². The second-order valence-corrected chi connectivity index (χ2v) is 1.18. The van der Waals surface area contributed by atoms with Gasteiger partial charge in [0.05, 0.1) is 6.10 Å². The van der Waals surface area contributed by atoms with Crippen LogP contribution >= 0.6 is 0 Å². The Hall–Kier alpha value is -0.0400. The molecule has 0 bridgehead atoms. The van der Waals surface area contributed by atoms with Crippen LogP contribution < -0.4 is 0 Å². The first-order chi connectivity index (χ1) is 2.81. The Bertz CT molecular complexity index is 23.1. The highest BCUT2D eigenvalue weighted by Crippen LogP contribution is 1.91. The molecule has 0 aromatic rings. The van der Waals surface area contributed by atoms with Crippen molar-refractivity contribution in [3.05, 3.63) is 13.8 Å². The van der Waals surface area contributed by atoms with Gasteiger partial charge < -0.3 is 5.11 Å². The van der Waals surface area contributed by atoms with Gasteiger partial charge in [-0.05, 0) is 19.8 Å². The normalized spacial score (nSPS) is 10.0. The highest BCUT2D eigenvalue weighted by atomic mass is 16.3. The molecule has 0 aliphatic rings. The smallest absolute Gasteiger partial charge is 0.0543 e. The van der Waals surface area contributed by atoms with E-state index in [0.29, 0.717) is 12.8 Å². The molecule has 0 aromatic carbocycles. The molecule has 1 atom stereocenters. The van der Waals surface area contributed by atoms with Gasteiger partial charge in [0.1, 0.15) is 0 Å². The molecule has 1 heteroatoms. The summed E-state index contributed by atoms with van der Waals surface area (Å²) in [4.78, 5) is 0. The molecule has 35 valence electrons. The Morgan fingerprint density at radius 1 is 1.83 bits per heavy atom. The van der Waals surface area contributed by atoms with Crippen LogP contribution in [-0.2, 0) is 0 Å². The lowest BCUT2D eigenvalue weighted by Crippen LogP contribution is -2.00. The molecule has 0 saturated carbocycles. The minimum Gasteiger partial charge on any atom is -0.393 e. The number of rotatable bonds is 2. The van der Waals surface area contributed by atoms with Gasteiger partial charge in [-0.1, -0.05) is 6.92 Å². The minimum atomic E-state index is -0.398. The summed E-state index contributed by atoms with van der Waals surface area (Å²) in [6.45, 7) is 8.42. The number of aliphatic hydroxyl groups is 1. The van der Waals surface area contributed by atoms with Gasteiger partial charge in [0.2, 0.25) is 0 Å². The Morgan fingerprint density at radius 2 is 2.33 bits per heavy atom. The molecule has 0 aliphatic heterocycles. The van der Waals surface area contributed by atoms with Gasteiger partial charge in [0.25, 0.3) is 0 Å². The summed E-state index contributed by atoms with van der Waals surface area (Å²) in [6.07, 6.45) is 0.435. The van der Waals surface area contributed by atoms with E-state index >= 15 is 0 Å². The van der Waals surface area contributed by atoms with Crippen LogP contribution in [0.3, 0.4) is 0 Å². The van der Waals surface area contributed by atoms with Crippen molar-refractivity contribution in [2.24, 2.45) is 0 Å². The molecule has 0 aliphatic carbocycles. The monoisotopic (exact) mass is 85.1 g/mol.